The zero-order valence-corrected chi connectivity index (χ0v) is 29.6. The van der Waals surface area contributed by atoms with Gasteiger partial charge in [-0.25, -0.2) is 0 Å². The number of nitrogens with zero attached hydrogens (tertiary/aromatic N) is 2. The Hall–Kier alpha value is -5.64. The molecule has 2 amide bonds. The van der Waals surface area contributed by atoms with Crippen molar-refractivity contribution in [2.24, 2.45) is 23.7 Å². The fraction of sp³-hybridized carbons (Fsp3) is 0.333. The zero-order chi connectivity index (χ0) is 37.0. The standard InChI is InChI=1S/C42H46N2O8/c1-3-23-43(25-29-15-19-31(20-16-29)27-51-33-11-7-5-8-12-33)39(45)35-36(38(42(49)50)37(35)41(47)48)40(46)44(24-4-2)26-30-17-21-32(22-18-30)28-52-34-13-9-6-10-14-34/h5-22,35-38H,3-4,23-28H2,1-2H3,(H,47,48)(H,49,50). The fourth-order valence-electron chi connectivity index (χ4n) is 6.76. The molecule has 1 aliphatic carbocycles. The van der Waals surface area contributed by atoms with Crippen LogP contribution in [0.2, 0.25) is 0 Å². The normalized spacial score (nSPS) is 17.7. The Morgan fingerprint density at radius 3 is 1.13 bits per heavy atom. The fourth-order valence-corrected chi connectivity index (χ4v) is 6.76. The van der Waals surface area contributed by atoms with Crippen LogP contribution in [-0.2, 0) is 45.5 Å². The van der Waals surface area contributed by atoms with Crippen molar-refractivity contribution >= 4 is 23.8 Å². The summed E-state index contributed by atoms with van der Waals surface area (Å²) in [5, 5.41) is 20.3. The first-order chi connectivity index (χ1) is 25.2. The molecule has 0 radical (unpaired) electrons. The van der Waals surface area contributed by atoms with Gasteiger partial charge in [-0.2, -0.15) is 0 Å². The van der Waals surface area contributed by atoms with Crippen molar-refractivity contribution in [3.05, 3.63) is 131 Å². The molecule has 0 saturated heterocycles. The highest BCUT2D eigenvalue weighted by atomic mass is 16.5. The highest BCUT2D eigenvalue weighted by molar-refractivity contribution is 5.99. The SMILES string of the molecule is CCCN(Cc1ccc(COc2ccccc2)cc1)C(=O)C1C(C(=O)O)C(C(=O)O)C1C(=O)N(CCC)Cc1ccc(COc2ccccc2)cc1. The van der Waals surface area contributed by atoms with Gasteiger partial charge in [-0.05, 0) is 59.4 Å². The van der Waals surface area contributed by atoms with Gasteiger partial charge < -0.3 is 29.5 Å². The van der Waals surface area contributed by atoms with Crippen molar-refractivity contribution in [3.8, 4) is 11.5 Å². The van der Waals surface area contributed by atoms with Crippen LogP contribution in [-0.4, -0.2) is 56.9 Å². The van der Waals surface area contributed by atoms with Gasteiger partial charge in [-0.15, -0.1) is 0 Å². The Kier molecular flexibility index (Phi) is 13.0. The smallest absolute Gasteiger partial charge is 0.308 e. The van der Waals surface area contributed by atoms with E-state index >= 15 is 0 Å². The van der Waals surface area contributed by atoms with Gasteiger partial charge in [0.2, 0.25) is 11.8 Å². The van der Waals surface area contributed by atoms with Crippen LogP contribution in [0.1, 0.15) is 48.9 Å². The number of para-hydroxylation sites is 2. The summed E-state index contributed by atoms with van der Waals surface area (Å²) in [6, 6.07) is 34.1. The lowest BCUT2D eigenvalue weighted by atomic mass is 9.55. The highest BCUT2D eigenvalue weighted by Crippen LogP contribution is 2.49. The van der Waals surface area contributed by atoms with Gasteiger partial charge in [-0.3, -0.25) is 19.2 Å². The quantitative estimate of drug-likeness (QED) is 0.117. The average molecular weight is 707 g/mol. The molecule has 0 spiro atoms. The molecular weight excluding hydrogens is 660 g/mol. The van der Waals surface area contributed by atoms with Crippen molar-refractivity contribution in [2.45, 2.75) is 53.0 Å². The Balaban J connectivity index is 1.31. The molecule has 0 aromatic heterocycles. The van der Waals surface area contributed by atoms with E-state index in [1.165, 1.54) is 0 Å². The molecule has 4 aromatic rings. The monoisotopic (exact) mass is 706 g/mol. The van der Waals surface area contributed by atoms with E-state index in [0.717, 1.165) is 33.8 Å². The molecule has 10 heteroatoms. The summed E-state index contributed by atoms with van der Waals surface area (Å²) in [7, 11) is 0. The second-order valence-corrected chi connectivity index (χ2v) is 13.1. The molecule has 4 unspecified atom stereocenters. The average Bonchev–Trinajstić information content (AvgIpc) is 3.14. The number of carboxylic acid groups (broad SMARTS) is 2. The van der Waals surface area contributed by atoms with E-state index in [-0.39, 0.29) is 13.1 Å². The Morgan fingerprint density at radius 1 is 0.500 bits per heavy atom. The third-order valence-corrected chi connectivity index (χ3v) is 9.39. The maximum atomic E-state index is 14.3. The molecule has 2 N–H and O–H groups in total. The van der Waals surface area contributed by atoms with E-state index in [4.69, 9.17) is 9.47 Å². The molecule has 1 fully saturated rings. The van der Waals surface area contributed by atoms with Gasteiger partial charge >= 0.3 is 11.9 Å². The molecule has 272 valence electrons. The highest BCUT2D eigenvalue weighted by Gasteiger charge is 2.64. The number of benzene rings is 4. The number of carbonyl (C=O) groups excluding carboxylic acids is 2. The van der Waals surface area contributed by atoms with Gasteiger partial charge in [0.15, 0.2) is 0 Å². The lowest BCUT2D eigenvalue weighted by molar-refractivity contribution is -0.187. The van der Waals surface area contributed by atoms with Gasteiger partial charge in [0, 0.05) is 26.2 Å². The maximum absolute atomic E-state index is 14.3. The first-order valence-electron chi connectivity index (χ1n) is 17.7. The van der Waals surface area contributed by atoms with Crippen molar-refractivity contribution in [1.29, 1.82) is 0 Å². The predicted octanol–water partition coefficient (Wildman–Crippen LogP) is 6.67. The summed E-state index contributed by atoms with van der Waals surface area (Å²) in [4.78, 5) is 56.6. The molecule has 0 aliphatic heterocycles. The Morgan fingerprint density at radius 2 is 0.827 bits per heavy atom. The minimum absolute atomic E-state index is 0.187. The van der Waals surface area contributed by atoms with Crippen LogP contribution in [0, 0.1) is 23.7 Å². The van der Waals surface area contributed by atoms with Crippen molar-refractivity contribution in [1.82, 2.24) is 9.80 Å². The summed E-state index contributed by atoms with van der Waals surface area (Å²) < 4.78 is 11.7. The number of ether oxygens (including phenoxy) is 2. The Labute approximate surface area is 304 Å². The number of hydrogen-bond acceptors (Lipinski definition) is 6. The molecule has 0 heterocycles. The molecule has 10 nitrogen and oxygen atoms in total. The van der Waals surface area contributed by atoms with E-state index < -0.39 is 47.4 Å². The molecule has 5 rings (SSSR count). The largest absolute Gasteiger partial charge is 0.489 e. The third kappa shape index (κ3) is 9.37. The first kappa shape index (κ1) is 37.6. The van der Waals surface area contributed by atoms with Crippen LogP contribution in [0.3, 0.4) is 0 Å². The van der Waals surface area contributed by atoms with Crippen LogP contribution in [0.25, 0.3) is 0 Å². The minimum Gasteiger partial charge on any atom is -0.489 e. The molecule has 4 aromatic carbocycles. The Bertz CT molecular complexity index is 1650. The molecule has 4 atom stereocenters. The van der Waals surface area contributed by atoms with E-state index in [2.05, 4.69) is 0 Å². The lowest BCUT2D eigenvalue weighted by Gasteiger charge is -2.48. The lowest BCUT2D eigenvalue weighted by Crippen LogP contribution is -2.64. The number of carboxylic acids is 2. The summed E-state index contributed by atoms with van der Waals surface area (Å²) in [6.07, 6.45) is 1.18. The summed E-state index contributed by atoms with van der Waals surface area (Å²) in [5.74, 6) is -8.02. The summed E-state index contributed by atoms with van der Waals surface area (Å²) in [5.41, 5.74) is 3.51. The van der Waals surface area contributed by atoms with Crippen LogP contribution in [0.4, 0.5) is 0 Å². The topological polar surface area (TPSA) is 134 Å². The van der Waals surface area contributed by atoms with Crippen LogP contribution in [0.15, 0.2) is 109 Å². The molecule has 1 aliphatic rings. The predicted molar refractivity (Wildman–Crippen MR) is 195 cm³/mol. The van der Waals surface area contributed by atoms with Crippen molar-refractivity contribution in [3.63, 3.8) is 0 Å². The second-order valence-electron chi connectivity index (χ2n) is 13.1. The minimum atomic E-state index is -1.52. The molecule has 52 heavy (non-hydrogen) atoms. The van der Waals surface area contributed by atoms with Gasteiger partial charge in [0.05, 0.1) is 23.7 Å². The first-order valence-corrected chi connectivity index (χ1v) is 17.7. The number of aliphatic carboxylic acids is 2. The molecule has 1 saturated carbocycles. The van der Waals surface area contributed by atoms with Gasteiger partial charge in [0.25, 0.3) is 0 Å². The van der Waals surface area contributed by atoms with Crippen molar-refractivity contribution < 1.29 is 38.9 Å². The summed E-state index contributed by atoms with van der Waals surface area (Å²) in [6.45, 7) is 5.56. The molecule has 0 bridgehead atoms. The second kappa shape index (κ2) is 18.0. The number of carbonyl (C=O) groups is 4. The van der Waals surface area contributed by atoms with E-state index in [1.807, 2.05) is 123 Å². The zero-order valence-electron chi connectivity index (χ0n) is 29.6. The number of amides is 2. The van der Waals surface area contributed by atoms with Crippen LogP contribution in [0.5, 0.6) is 11.5 Å². The van der Waals surface area contributed by atoms with Crippen LogP contribution < -0.4 is 9.47 Å². The van der Waals surface area contributed by atoms with Crippen molar-refractivity contribution in [2.75, 3.05) is 13.1 Å². The van der Waals surface area contributed by atoms with Gasteiger partial charge in [-0.1, -0.05) is 98.8 Å². The van der Waals surface area contributed by atoms with Gasteiger partial charge in [0.1, 0.15) is 24.7 Å². The van der Waals surface area contributed by atoms with Crippen LogP contribution >= 0.6 is 0 Å². The maximum Gasteiger partial charge on any atom is 0.308 e. The van der Waals surface area contributed by atoms with E-state index in [1.54, 1.807) is 9.80 Å². The van der Waals surface area contributed by atoms with E-state index in [9.17, 15) is 29.4 Å². The summed E-state index contributed by atoms with van der Waals surface area (Å²) >= 11 is 0. The third-order valence-electron chi connectivity index (χ3n) is 9.39. The molecular formula is C42H46N2O8. The number of rotatable bonds is 18. The number of hydrogen-bond donors (Lipinski definition) is 2. The van der Waals surface area contributed by atoms with E-state index in [0.29, 0.717) is 39.1 Å².